The van der Waals surface area contributed by atoms with Crippen LogP contribution in [0.25, 0.3) is 0 Å². The monoisotopic (exact) mass is 281 g/mol. The van der Waals surface area contributed by atoms with Crippen molar-refractivity contribution in [2.24, 2.45) is 0 Å². The number of fused-ring (bicyclic) bond motifs is 1. The number of para-hydroxylation sites is 1. The first-order valence-electron chi connectivity index (χ1n) is 7.38. The van der Waals surface area contributed by atoms with Gasteiger partial charge in [0, 0.05) is 12.2 Å². The van der Waals surface area contributed by atoms with Crippen molar-refractivity contribution in [1.82, 2.24) is 0 Å². The highest BCUT2D eigenvalue weighted by Gasteiger charge is 2.24. The van der Waals surface area contributed by atoms with E-state index in [1.54, 1.807) is 0 Å². The predicted molar refractivity (Wildman–Crippen MR) is 83.8 cm³/mol. The number of nitrogens with zero attached hydrogens (tertiary/aromatic N) is 1. The van der Waals surface area contributed by atoms with E-state index < -0.39 is 0 Å². The molecule has 1 amide bonds. The molecule has 0 aromatic heterocycles. The third-order valence-corrected chi connectivity index (χ3v) is 3.86. The minimum atomic E-state index is 0.0156. The summed E-state index contributed by atoms with van der Waals surface area (Å²) in [6.07, 6.45) is 1.89. The fourth-order valence-corrected chi connectivity index (χ4v) is 2.68. The molecule has 0 radical (unpaired) electrons. The van der Waals surface area contributed by atoms with Gasteiger partial charge in [-0.3, -0.25) is 4.79 Å². The van der Waals surface area contributed by atoms with Crippen LogP contribution in [0.2, 0.25) is 0 Å². The van der Waals surface area contributed by atoms with Gasteiger partial charge >= 0.3 is 0 Å². The first kappa shape index (κ1) is 13.7. The predicted octanol–water partition coefficient (Wildman–Crippen LogP) is 3.22. The Morgan fingerprint density at radius 2 is 2.05 bits per heavy atom. The summed E-state index contributed by atoms with van der Waals surface area (Å²) in [6.45, 7) is 2.93. The summed E-state index contributed by atoms with van der Waals surface area (Å²) in [5, 5.41) is 0. The lowest BCUT2D eigenvalue weighted by molar-refractivity contribution is -0.120. The minimum Gasteiger partial charge on any atom is -0.484 e. The number of carbonyl (C=O) groups excluding carboxylic acids is 1. The molecule has 0 N–H and O–H groups in total. The molecule has 1 aliphatic heterocycles. The SMILES string of the molecule is CCc1cccc(OCC(=O)N2CCc3ccccc32)c1. The Bertz CT molecular complexity index is 651. The second kappa shape index (κ2) is 6.00. The van der Waals surface area contributed by atoms with Gasteiger partial charge in [0.1, 0.15) is 5.75 Å². The van der Waals surface area contributed by atoms with Crippen molar-refractivity contribution in [3.63, 3.8) is 0 Å². The zero-order valence-electron chi connectivity index (χ0n) is 12.2. The zero-order valence-corrected chi connectivity index (χ0v) is 12.2. The number of carbonyl (C=O) groups is 1. The van der Waals surface area contributed by atoms with E-state index in [4.69, 9.17) is 4.74 Å². The van der Waals surface area contributed by atoms with Crippen LogP contribution in [0, 0.1) is 0 Å². The van der Waals surface area contributed by atoms with Crippen molar-refractivity contribution in [3.8, 4) is 5.75 Å². The quantitative estimate of drug-likeness (QED) is 0.861. The fraction of sp³-hybridized carbons (Fsp3) is 0.278. The first-order chi connectivity index (χ1) is 10.3. The van der Waals surface area contributed by atoms with Crippen LogP contribution < -0.4 is 9.64 Å². The Labute approximate surface area is 125 Å². The maximum atomic E-state index is 12.3. The Morgan fingerprint density at radius 1 is 1.19 bits per heavy atom. The van der Waals surface area contributed by atoms with Gasteiger partial charge in [0.15, 0.2) is 6.61 Å². The van der Waals surface area contributed by atoms with Crippen LogP contribution in [0.4, 0.5) is 5.69 Å². The molecule has 21 heavy (non-hydrogen) atoms. The van der Waals surface area contributed by atoms with Crippen LogP contribution in [0.3, 0.4) is 0 Å². The molecule has 1 aliphatic rings. The van der Waals surface area contributed by atoms with Crippen molar-refractivity contribution < 1.29 is 9.53 Å². The number of benzene rings is 2. The Hall–Kier alpha value is -2.29. The summed E-state index contributed by atoms with van der Waals surface area (Å²) in [5.74, 6) is 0.775. The topological polar surface area (TPSA) is 29.5 Å². The molecule has 2 aromatic rings. The maximum Gasteiger partial charge on any atom is 0.264 e. The molecule has 108 valence electrons. The molecule has 3 heteroatoms. The van der Waals surface area contributed by atoms with Crippen molar-refractivity contribution in [2.75, 3.05) is 18.1 Å². The molecule has 0 saturated carbocycles. The molecule has 0 aliphatic carbocycles. The van der Waals surface area contributed by atoms with E-state index in [0.717, 1.165) is 30.8 Å². The molecule has 3 rings (SSSR count). The summed E-state index contributed by atoms with van der Waals surface area (Å²) in [6, 6.07) is 16.0. The van der Waals surface area contributed by atoms with Crippen molar-refractivity contribution in [2.45, 2.75) is 19.8 Å². The zero-order chi connectivity index (χ0) is 14.7. The van der Waals surface area contributed by atoms with E-state index >= 15 is 0 Å². The molecule has 0 atom stereocenters. The molecule has 0 spiro atoms. The highest BCUT2D eigenvalue weighted by molar-refractivity contribution is 5.96. The molecule has 0 bridgehead atoms. The van der Waals surface area contributed by atoms with Crippen molar-refractivity contribution in [1.29, 1.82) is 0 Å². The summed E-state index contributed by atoms with van der Waals surface area (Å²) in [5.41, 5.74) is 3.47. The van der Waals surface area contributed by atoms with Crippen LogP contribution in [0.1, 0.15) is 18.1 Å². The molecule has 1 heterocycles. The van der Waals surface area contributed by atoms with E-state index in [0.29, 0.717) is 0 Å². The van der Waals surface area contributed by atoms with Crippen LogP contribution in [-0.2, 0) is 17.6 Å². The van der Waals surface area contributed by atoms with E-state index in [-0.39, 0.29) is 12.5 Å². The van der Waals surface area contributed by atoms with Gasteiger partial charge in [0.2, 0.25) is 0 Å². The number of anilines is 1. The van der Waals surface area contributed by atoms with Crippen LogP contribution in [0.15, 0.2) is 48.5 Å². The second-order valence-corrected chi connectivity index (χ2v) is 5.21. The molecule has 0 saturated heterocycles. The average molecular weight is 281 g/mol. The average Bonchev–Trinajstić information content (AvgIpc) is 2.97. The Balaban J connectivity index is 1.65. The maximum absolute atomic E-state index is 12.3. The second-order valence-electron chi connectivity index (χ2n) is 5.21. The number of aryl methyl sites for hydroxylation is 1. The third kappa shape index (κ3) is 2.92. The van der Waals surface area contributed by atoms with E-state index in [1.807, 2.05) is 41.3 Å². The Kier molecular flexibility index (Phi) is 3.91. The molecule has 0 unspecified atom stereocenters. The largest absolute Gasteiger partial charge is 0.484 e. The van der Waals surface area contributed by atoms with Gasteiger partial charge in [0.25, 0.3) is 5.91 Å². The number of hydrogen-bond acceptors (Lipinski definition) is 2. The number of ether oxygens (including phenoxy) is 1. The third-order valence-electron chi connectivity index (χ3n) is 3.86. The molecular formula is C18H19NO2. The summed E-state index contributed by atoms with van der Waals surface area (Å²) >= 11 is 0. The first-order valence-corrected chi connectivity index (χ1v) is 7.38. The van der Waals surface area contributed by atoms with Crippen molar-refractivity contribution in [3.05, 3.63) is 59.7 Å². The molecule has 3 nitrogen and oxygen atoms in total. The molecule has 2 aromatic carbocycles. The number of hydrogen-bond donors (Lipinski definition) is 0. The normalized spacial score (nSPS) is 13.1. The summed E-state index contributed by atoms with van der Waals surface area (Å²) in [7, 11) is 0. The summed E-state index contributed by atoms with van der Waals surface area (Å²) in [4.78, 5) is 14.2. The van der Waals surface area contributed by atoms with Gasteiger partial charge in [-0.15, -0.1) is 0 Å². The van der Waals surface area contributed by atoms with Gasteiger partial charge < -0.3 is 9.64 Å². The smallest absolute Gasteiger partial charge is 0.264 e. The number of amides is 1. The Morgan fingerprint density at radius 3 is 2.90 bits per heavy atom. The van der Waals surface area contributed by atoms with Gasteiger partial charge in [-0.2, -0.15) is 0 Å². The van der Waals surface area contributed by atoms with E-state index in [2.05, 4.69) is 19.1 Å². The van der Waals surface area contributed by atoms with Gasteiger partial charge in [0.05, 0.1) is 0 Å². The number of rotatable bonds is 4. The molecule has 0 fully saturated rings. The standard InChI is InChI=1S/C18H19NO2/c1-2-14-6-5-8-16(12-14)21-13-18(20)19-11-10-15-7-3-4-9-17(15)19/h3-9,12H,2,10-11,13H2,1H3. The highest BCUT2D eigenvalue weighted by Crippen LogP contribution is 2.27. The van der Waals surface area contributed by atoms with E-state index in [1.165, 1.54) is 11.1 Å². The van der Waals surface area contributed by atoms with Crippen molar-refractivity contribution >= 4 is 11.6 Å². The highest BCUT2D eigenvalue weighted by atomic mass is 16.5. The lowest BCUT2D eigenvalue weighted by Gasteiger charge is -2.17. The minimum absolute atomic E-state index is 0.0156. The lowest BCUT2D eigenvalue weighted by atomic mass is 10.2. The van der Waals surface area contributed by atoms with E-state index in [9.17, 15) is 4.79 Å². The van der Waals surface area contributed by atoms with Crippen LogP contribution in [-0.4, -0.2) is 19.1 Å². The van der Waals surface area contributed by atoms with Gasteiger partial charge in [-0.1, -0.05) is 37.3 Å². The van der Waals surface area contributed by atoms with Gasteiger partial charge in [-0.05, 0) is 42.2 Å². The van der Waals surface area contributed by atoms with Gasteiger partial charge in [-0.25, -0.2) is 0 Å². The van der Waals surface area contributed by atoms with Crippen LogP contribution >= 0.6 is 0 Å². The molecular weight excluding hydrogens is 262 g/mol. The van der Waals surface area contributed by atoms with Crippen LogP contribution in [0.5, 0.6) is 5.75 Å². The fourth-order valence-electron chi connectivity index (χ4n) is 2.68. The summed E-state index contributed by atoms with van der Waals surface area (Å²) < 4.78 is 5.65. The lowest BCUT2D eigenvalue weighted by Crippen LogP contribution is -2.33.